The third-order valence-corrected chi connectivity index (χ3v) is 3.29. The van der Waals surface area contributed by atoms with Gasteiger partial charge in [0.05, 0.1) is 0 Å². The average molecular weight is 263 g/mol. The molecule has 1 rings (SSSR count). The van der Waals surface area contributed by atoms with Crippen molar-refractivity contribution in [3.63, 3.8) is 0 Å². The van der Waals surface area contributed by atoms with E-state index in [1.54, 1.807) is 0 Å². The Labute approximate surface area is 118 Å². The van der Waals surface area contributed by atoms with Crippen molar-refractivity contribution in [2.75, 3.05) is 20.1 Å². The van der Waals surface area contributed by atoms with Gasteiger partial charge in [-0.3, -0.25) is 4.98 Å². The molecule has 1 atom stereocenters. The van der Waals surface area contributed by atoms with Crippen LogP contribution in [0.2, 0.25) is 0 Å². The van der Waals surface area contributed by atoms with Gasteiger partial charge in [-0.25, -0.2) is 0 Å². The molecule has 2 N–H and O–H groups in total. The number of aromatic nitrogens is 1. The highest BCUT2D eigenvalue weighted by Gasteiger charge is 2.15. The summed E-state index contributed by atoms with van der Waals surface area (Å²) in [6.45, 7) is 8.90. The molecule has 0 aromatic carbocycles. The van der Waals surface area contributed by atoms with Gasteiger partial charge in [-0.1, -0.05) is 20.8 Å². The van der Waals surface area contributed by atoms with Crippen LogP contribution < -0.4 is 5.73 Å². The standard InChI is InChI=1S/C16H29N3/c1-16(2,3)13-15(17)8-12-19(4)11-7-14-5-9-18-10-6-14/h5-6,9-10,15H,7-8,11-13,17H2,1-4H3. The summed E-state index contributed by atoms with van der Waals surface area (Å²) in [6, 6.07) is 4.47. The molecule has 3 nitrogen and oxygen atoms in total. The lowest BCUT2D eigenvalue weighted by molar-refractivity contribution is 0.284. The Bertz CT molecular complexity index is 343. The molecule has 0 aliphatic rings. The molecule has 0 saturated heterocycles. The van der Waals surface area contributed by atoms with Crippen LogP contribution in [0.3, 0.4) is 0 Å². The molecule has 0 fully saturated rings. The zero-order chi connectivity index (χ0) is 14.3. The van der Waals surface area contributed by atoms with Gasteiger partial charge in [-0.2, -0.15) is 0 Å². The van der Waals surface area contributed by atoms with Crippen LogP contribution in [0.15, 0.2) is 24.5 Å². The first-order chi connectivity index (χ1) is 8.87. The molecule has 1 unspecified atom stereocenters. The van der Waals surface area contributed by atoms with Crippen LogP contribution in [0.25, 0.3) is 0 Å². The monoisotopic (exact) mass is 263 g/mol. The quantitative estimate of drug-likeness (QED) is 0.822. The van der Waals surface area contributed by atoms with Gasteiger partial charge in [-0.05, 0) is 56.0 Å². The Morgan fingerprint density at radius 2 is 1.84 bits per heavy atom. The first kappa shape index (κ1) is 16.1. The molecule has 0 radical (unpaired) electrons. The van der Waals surface area contributed by atoms with Crippen molar-refractivity contribution < 1.29 is 0 Å². The second-order valence-electron chi connectivity index (χ2n) is 6.72. The summed E-state index contributed by atoms with van der Waals surface area (Å²) in [4.78, 5) is 6.40. The molecule has 0 saturated carbocycles. The summed E-state index contributed by atoms with van der Waals surface area (Å²) in [5.74, 6) is 0. The largest absolute Gasteiger partial charge is 0.328 e. The molecule has 1 aromatic rings. The predicted molar refractivity (Wildman–Crippen MR) is 82.1 cm³/mol. The minimum atomic E-state index is 0.309. The fourth-order valence-electron chi connectivity index (χ4n) is 2.26. The Kier molecular flexibility index (Phi) is 6.46. The molecule has 0 spiro atoms. The van der Waals surface area contributed by atoms with E-state index in [1.807, 2.05) is 12.4 Å². The van der Waals surface area contributed by atoms with E-state index in [4.69, 9.17) is 5.73 Å². The topological polar surface area (TPSA) is 42.2 Å². The molecule has 19 heavy (non-hydrogen) atoms. The van der Waals surface area contributed by atoms with E-state index in [9.17, 15) is 0 Å². The zero-order valence-corrected chi connectivity index (χ0v) is 12.9. The summed E-state index contributed by atoms with van der Waals surface area (Å²) in [7, 11) is 2.17. The number of rotatable bonds is 7. The van der Waals surface area contributed by atoms with E-state index >= 15 is 0 Å². The third kappa shape index (κ3) is 7.96. The SMILES string of the molecule is CN(CCc1ccncc1)CCC(N)CC(C)(C)C. The first-order valence-electron chi connectivity index (χ1n) is 7.20. The molecule has 0 aliphatic carbocycles. The molecule has 0 bridgehead atoms. The number of nitrogens with two attached hydrogens (primary N) is 1. The summed E-state index contributed by atoms with van der Waals surface area (Å²) in [6.07, 6.45) is 6.95. The third-order valence-electron chi connectivity index (χ3n) is 3.29. The maximum absolute atomic E-state index is 6.18. The van der Waals surface area contributed by atoms with Crippen LogP contribution >= 0.6 is 0 Å². The second-order valence-corrected chi connectivity index (χ2v) is 6.72. The van der Waals surface area contributed by atoms with Gasteiger partial charge < -0.3 is 10.6 Å². The summed E-state index contributed by atoms with van der Waals surface area (Å²) >= 11 is 0. The Hall–Kier alpha value is -0.930. The molecule has 1 heterocycles. The molecule has 1 aromatic heterocycles. The van der Waals surface area contributed by atoms with E-state index in [0.29, 0.717) is 11.5 Å². The van der Waals surface area contributed by atoms with Crippen LogP contribution in [0, 0.1) is 5.41 Å². The maximum Gasteiger partial charge on any atom is 0.0270 e. The number of nitrogens with zero attached hydrogens (tertiary/aromatic N) is 2. The number of hydrogen-bond acceptors (Lipinski definition) is 3. The van der Waals surface area contributed by atoms with E-state index in [-0.39, 0.29) is 0 Å². The maximum atomic E-state index is 6.18. The molecular weight excluding hydrogens is 234 g/mol. The summed E-state index contributed by atoms with van der Waals surface area (Å²) in [5.41, 5.74) is 7.86. The molecule has 3 heteroatoms. The van der Waals surface area contributed by atoms with Gasteiger partial charge in [0.1, 0.15) is 0 Å². The van der Waals surface area contributed by atoms with Crippen molar-refractivity contribution in [1.82, 2.24) is 9.88 Å². The highest BCUT2D eigenvalue weighted by Crippen LogP contribution is 2.21. The summed E-state index contributed by atoms with van der Waals surface area (Å²) < 4.78 is 0. The van der Waals surface area contributed by atoms with Gasteiger partial charge in [-0.15, -0.1) is 0 Å². The molecule has 0 aliphatic heterocycles. The molecular formula is C16H29N3. The van der Waals surface area contributed by atoms with Crippen LogP contribution in [0.4, 0.5) is 0 Å². The van der Waals surface area contributed by atoms with Crippen molar-refractivity contribution in [1.29, 1.82) is 0 Å². The van der Waals surface area contributed by atoms with Crippen LogP contribution in [0.5, 0.6) is 0 Å². The Morgan fingerprint density at radius 1 is 1.21 bits per heavy atom. The van der Waals surface area contributed by atoms with Gasteiger partial charge in [0.15, 0.2) is 0 Å². The number of pyridine rings is 1. The highest BCUT2D eigenvalue weighted by atomic mass is 15.1. The second kappa shape index (κ2) is 7.61. The van der Waals surface area contributed by atoms with Gasteiger partial charge >= 0.3 is 0 Å². The molecule has 108 valence electrons. The lowest BCUT2D eigenvalue weighted by Gasteiger charge is -2.25. The predicted octanol–water partition coefficient (Wildman–Crippen LogP) is 2.71. The van der Waals surface area contributed by atoms with Crippen molar-refractivity contribution >= 4 is 0 Å². The fraction of sp³-hybridized carbons (Fsp3) is 0.688. The lowest BCUT2D eigenvalue weighted by atomic mass is 9.87. The average Bonchev–Trinajstić information content (AvgIpc) is 2.33. The van der Waals surface area contributed by atoms with Crippen molar-refractivity contribution in [2.24, 2.45) is 11.1 Å². The van der Waals surface area contributed by atoms with Crippen LogP contribution in [0.1, 0.15) is 39.2 Å². The van der Waals surface area contributed by atoms with Crippen molar-refractivity contribution in [3.8, 4) is 0 Å². The van der Waals surface area contributed by atoms with Gasteiger partial charge in [0, 0.05) is 25.0 Å². The first-order valence-corrected chi connectivity index (χ1v) is 7.20. The van der Waals surface area contributed by atoms with Crippen LogP contribution in [-0.2, 0) is 6.42 Å². The number of hydrogen-bond donors (Lipinski definition) is 1. The van der Waals surface area contributed by atoms with Crippen molar-refractivity contribution in [3.05, 3.63) is 30.1 Å². The van der Waals surface area contributed by atoms with Crippen LogP contribution in [-0.4, -0.2) is 36.1 Å². The fourth-order valence-corrected chi connectivity index (χ4v) is 2.26. The van der Waals surface area contributed by atoms with E-state index in [0.717, 1.165) is 32.4 Å². The van der Waals surface area contributed by atoms with Gasteiger partial charge in [0.2, 0.25) is 0 Å². The summed E-state index contributed by atoms with van der Waals surface area (Å²) in [5, 5.41) is 0. The smallest absolute Gasteiger partial charge is 0.0270 e. The highest BCUT2D eigenvalue weighted by molar-refractivity contribution is 5.09. The van der Waals surface area contributed by atoms with Gasteiger partial charge in [0.25, 0.3) is 0 Å². The Balaban J connectivity index is 2.19. The normalized spacial score (nSPS) is 13.8. The number of likely N-dealkylation sites (N-methyl/N-ethyl adjacent to an activating group) is 1. The van der Waals surface area contributed by atoms with E-state index in [2.05, 4.69) is 49.8 Å². The van der Waals surface area contributed by atoms with E-state index in [1.165, 1.54) is 5.56 Å². The van der Waals surface area contributed by atoms with E-state index < -0.39 is 0 Å². The minimum Gasteiger partial charge on any atom is -0.328 e. The van der Waals surface area contributed by atoms with Crippen molar-refractivity contribution in [2.45, 2.75) is 46.1 Å². The zero-order valence-electron chi connectivity index (χ0n) is 12.9. The minimum absolute atomic E-state index is 0.309. The molecule has 0 amide bonds. The lowest BCUT2D eigenvalue weighted by Crippen LogP contribution is -2.32. The Morgan fingerprint density at radius 3 is 2.42 bits per heavy atom.